The summed E-state index contributed by atoms with van der Waals surface area (Å²) in [5.41, 5.74) is 3.85. The molecule has 2 aromatic carbocycles. The van der Waals surface area contributed by atoms with Crippen molar-refractivity contribution in [2.24, 2.45) is 0 Å². The topological polar surface area (TPSA) is 159 Å². The minimum absolute atomic E-state index is 0.0274. The van der Waals surface area contributed by atoms with Crippen LogP contribution in [0.1, 0.15) is 69.4 Å². The lowest BCUT2D eigenvalue weighted by molar-refractivity contribution is -0.136. The summed E-state index contributed by atoms with van der Waals surface area (Å²) < 4.78 is 13.9. The SMILES string of the molecule is N=C(/C=C\c1ncc(-c2cccc(N3CCN(Cc4ccc5c(c4)C(=O)N(C4CCC(=O)NC4=O)C5=O)CC3)n2)[nH]1)N1CCC[C@@H]1c1cccc(F)c1. The Balaban J connectivity index is 0.867. The van der Waals surface area contributed by atoms with Crippen LogP contribution in [-0.2, 0) is 16.1 Å². The van der Waals surface area contributed by atoms with Gasteiger partial charge in [-0.3, -0.25) is 39.7 Å². The molecule has 13 nitrogen and oxygen atoms in total. The number of aromatic nitrogens is 3. The first-order valence-corrected chi connectivity index (χ1v) is 17.8. The molecule has 1 unspecified atom stereocenters. The predicted molar refractivity (Wildman–Crippen MR) is 194 cm³/mol. The number of H-pyrrole nitrogens is 1. The van der Waals surface area contributed by atoms with Gasteiger partial charge in [-0.25, -0.2) is 14.4 Å². The number of hydrogen-bond donors (Lipinski definition) is 3. The van der Waals surface area contributed by atoms with E-state index in [1.165, 1.54) is 6.07 Å². The van der Waals surface area contributed by atoms with Crippen LogP contribution in [0.5, 0.6) is 0 Å². The number of rotatable bonds is 8. The summed E-state index contributed by atoms with van der Waals surface area (Å²) in [5, 5.41) is 10.9. The molecule has 270 valence electrons. The van der Waals surface area contributed by atoms with Crippen LogP contribution in [0.4, 0.5) is 10.2 Å². The van der Waals surface area contributed by atoms with Crippen LogP contribution in [0.2, 0.25) is 0 Å². The van der Waals surface area contributed by atoms with E-state index in [1.54, 1.807) is 42.6 Å². The van der Waals surface area contributed by atoms with Gasteiger partial charge in [-0.05, 0) is 78.9 Å². The number of anilines is 1. The van der Waals surface area contributed by atoms with Gasteiger partial charge < -0.3 is 14.8 Å². The maximum Gasteiger partial charge on any atom is 0.262 e. The molecule has 2 atom stereocenters. The maximum absolute atomic E-state index is 13.9. The summed E-state index contributed by atoms with van der Waals surface area (Å²) in [5.74, 6) is -0.497. The maximum atomic E-state index is 13.9. The number of carbonyl (C=O) groups is 4. The number of halogens is 1. The van der Waals surface area contributed by atoms with E-state index in [0.717, 1.165) is 78.8 Å². The molecule has 8 rings (SSSR count). The number of likely N-dealkylation sites (tertiary alicyclic amines) is 1. The van der Waals surface area contributed by atoms with Crippen molar-refractivity contribution in [3.05, 3.63) is 107 Å². The van der Waals surface area contributed by atoms with Gasteiger partial charge in [0, 0.05) is 45.7 Å². The monoisotopic (exact) mass is 715 g/mol. The highest BCUT2D eigenvalue weighted by Crippen LogP contribution is 2.33. The van der Waals surface area contributed by atoms with Crippen LogP contribution in [0, 0.1) is 11.2 Å². The Morgan fingerprint density at radius 2 is 1.72 bits per heavy atom. The summed E-state index contributed by atoms with van der Waals surface area (Å²) in [7, 11) is 0. The fourth-order valence-corrected chi connectivity index (χ4v) is 7.68. The summed E-state index contributed by atoms with van der Waals surface area (Å²) in [4.78, 5) is 70.5. The highest BCUT2D eigenvalue weighted by atomic mass is 19.1. The van der Waals surface area contributed by atoms with Crippen molar-refractivity contribution < 1.29 is 23.6 Å². The zero-order chi connectivity index (χ0) is 36.6. The number of benzene rings is 2. The molecular formula is C39H38FN9O4. The Morgan fingerprint density at radius 3 is 2.53 bits per heavy atom. The van der Waals surface area contributed by atoms with E-state index in [-0.39, 0.29) is 35.8 Å². The number of hydrogen-bond acceptors (Lipinski definition) is 9. The molecule has 2 aromatic heterocycles. The van der Waals surface area contributed by atoms with E-state index < -0.39 is 29.7 Å². The first kappa shape index (κ1) is 34.1. The van der Waals surface area contributed by atoms with Crippen LogP contribution in [0.3, 0.4) is 0 Å². The van der Waals surface area contributed by atoms with Gasteiger partial charge in [0.25, 0.3) is 11.8 Å². The van der Waals surface area contributed by atoms with Gasteiger partial charge in [-0.1, -0.05) is 24.3 Å². The number of imidazole rings is 1. The van der Waals surface area contributed by atoms with Gasteiger partial charge in [-0.2, -0.15) is 0 Å². The lowest BCUT2D eigenvalue weighted by atomic mass is 10.0. The number of aromatic amines is 1. The third-order valence-corrected chi connectivity index (χ3v) is 10.4. The van der Waals surface area contributed by atoms with Crippen LogP contribution >= 0.6 is 0 Å². The Labute approximate surface area is 305 Å². The number of fused-ring (bicyclic) bond motifs is 1. The molecule has 14 heteroatoms. The molecule has 6 heterocycles. The van der Waals surface area contributed by atoms with Gasteiger partial charge in [0.2, 0.25) is 11.8 Å². The Bertz CT molecular complexity index is 2160. The molecule has 4 aromatic rings. The molecule has 4 aliphatic rings. The molecule has 0 aliphatic carbocycles. The van der Waals surface area contributed by atoms with Crippen molar-refractivity contribution >= 4 is 41.4 Å². The molecule has 4 aliphatic heterocycles. The molecule has 3 saturated heterocycles. The van der Waals surface area contributed by atoms with E-state index in [0.29, 0.717) is 18.2 Å². The number of piperidine rings is 1. The Hall–Kier alpha value is -6.02. The third kappa shape index (κ3) is 6.85. The highest BCUT2D eigenvalue weighted by Gasteiger charge is 2.44. The number of nitrogens with one attached hydrogen (secondary N) is 3. The minimum Gasteiger partial charge on any atom is -0.354 e. The van der Waals surface area contributed by atoms with Gasteiger partial charge in [0.05, 0.1) is 34.8 Å². The standard InChI is InChI=1S/C39H38FN9O4/c40-26-5-1-4-25(21-26)31-7-3-15-48(31)33(41)12-13-34-42-22-30(43-34)29-6-2-8-35(44-29)47-18-16-46(17-19-47)23-24-9-10-27-28(20-24)39(53)49(38(27)52)32-11-14-36(50)45-37(32)51/h1-2,4-6,8-10,12-13,20-22,31-32,41H,3,7,11,14-19,23H2,(H,42,43)(H,45,50,51)/b13-12-,41-33?/t31-,32?/m1/s1. The second kappa shape index (κ2) is 14.2. The summed E-state index contributed by atoms with van der Waals surface area (Å²) in [6.45, 7) is 4.35. The second-order valence-electron chi connectivity index (χ2n) is 13.8. The van der Waals surface area contributed by atoms with Crippen LogP contribution in [-0.4, -0.2) is 97.9 Å². The molecule has 0 spiro atoms. The lowest BCUT2D eigenvalue weighted by Crippen LogP contribution is -2.54. The van der Waals surface area contributed by atoms with E-state index in [1.807, 2.05) is 35.2 Å². The van der Waals surface area contributed by atoms with E-state index >= 15 is 0 Å². The van der Waals surface area contributed by atoms with Crippen LogP contribution < -0.4 is 10.2 Å². The van der Waals surface area contributed by atoms with Gasteiger partial charge >= 0.3 is 0 Å². The zero-order valence-electron chi connectivity index (χ0n) is 28.9. The molecule has 0 bridgehead atoms. The molecule has 0 saturated carbocycles. The Morgan fingerprint density at radius 1 is 0.906 bits per heavy atom. The average Bonchev–Trinajstić information content (AvgIpc) is 3.91. The number of piperazine rings is 1. The number of nitrogens with zero attached hydrogens (tertiary/aromatic N) is 6. The molecule has 4 amide bonds. The number of imide groups is 2. The number of carbonyl (C=O) groups excluding carboxylic acids is 4. The molecule has 53 heavy (non-hydrogen) atoms. The number of pyridine rings is 1. The number of amides is 4. The zero-order valence-corrected chi connectivity index (χ0v) is 28.9. The second-order valence-corrected chi connectivity index (χ2v) is 13.8. The predicted octanol–water partition coefficient (Wildman–Crippen LogP) is 4.16. The summed E-state index contributed by atoms with van der Waals surface area (Å²) in [6.07, 6.45) is 7.25. The number of amidine groups is 1. The van der Waals surface area contributed by atoms with Gasteiger partial charge in [0.15, 0.2) is 0 Å². The molecule has 3 N–H and O–H groups in total. The van der Waals surface area contributed by atoms with Crippen molar-refractivity contribution in [3.63, 3.8) is 0 Å². The summed E-state index contributed by atoms with van der Waals surface area (Å²) in [6, 6.07) is 16.7. The first-order chi connectivity index (χ1) is 25.7. The Kier molecular flexibility index (Phi) is 9.12. The smallest absolute Gasteiger partial charge is 0.262 e. The van der Waals surface area contributed by atoms with Gasteiger partial charge in [0.1, 0.15) is 29.3 Å². The fraction of sp³-hybridized carbons (Fsp3) is 0.308. The van der Waals surface area contributed by atoms with Crippen molar-refractivity contribution in [3.8, 4) is 11.4 Å². The van der Waals surface area contributed by atoms with Gasteiger partial charge in [-0.15, -0.1) is 0 Å². The van der Waals surface area contributed by atoms with Crippen molar-refractivity contribution in [2.75, 3.05) is 37.6 Å². The molecule has 0 radical (unpaired) electrons. The van der Waals surface area contributed by atoms with Crippen LogP contribution in [0.25, 0.3) is 17.5 Å². The molecular weight excluding hydrogens is 677 g/mol. The van der Waals surface area contributed by atoms with E-state index in [2.05, 4.69) is 25.1 Å². The van der Waals surface area contributed by atoms with Crippen molar-refractivity contribution in [1.29, 1.82) is 5.41 Å². The molecule has 3 fully saturated rings. The summed E-state index contributed by atoms with van der Waals surface area (Å²) >= 11 is 0. The van der Waals surface area contributed by atoms with E-state index in [9.17, 15) is 23.6 Å². The third-order valence-electron chi connectivity index (χ3n) is 10.4. The normalized spacial score (nSPS) is 20.8. The minimum atomic E-state index is -0.986. The first-order valence-electron chi connectivity index (χ1n) is 17.8. The average molecular weight is 716 g/mol. The lowest BCUT2D eigenvalue weighted by Gasteiger charge is -2.35. The quantitative estimate of drug-likeness (QED) is 0.138. The van der Waals surface area contributed by atoms with Crippen molar-refractivity contribution in [2.45, 2.75) is 44.3 Å². The largest absolute Gasteiger partial charge is 0.354 e. The van der Waals surface area contributed by atoms with Crippen LogP contribution in [0.15, 0.2) is 72.9 Å². The van der Waals surface area contributed by atoms with E-state index in [4.69, 9.17) is 10.4 Å². The fourth-order valence-electron chi connectivity index (χ4n) is 7.68. The van der Waals surface area contributed by atoms with Crippen molar-refractivity contribution in [1.82, 2.24) is 35.0 Å². The highest BCUT2D eigenvalue weighted by molar-refractivity contribution is 6.23.